The molecule has 1 heterocycles. The highest BCUT2D eigenvalue weighted by molar-refractivity contribution is 5.75. The summed E-state index contributed by atoms with van der Waals surface area (Å²) >= 11 is 0. The molecule has 4 atom stereocenters. The fourth-order valence-corrected chi connectivity index (χ4v) is 3.48. The summed E-state index contributed by atoms with van der Waals surface area (Å²) in [5.41, 5.74) is 0. The second kappa shape index (κ2) is 6.46. The van der Waals surface area contributed by atoms with Crippen LogP contribution in [0.1, 0.15) is 46.0 Å². The predicted molar refractivity (Wildman–Crippen MR) is 76.4 cm³/mol. The normalized spacial score (nSPS) is 34.0. The van der Waals surface area contributed by atoms with Crippen molar-refractivity contribution < 1.29 is 14.7 Å². The average Bonchev–Trinajstić information content (AvgIpc) is 2.70. The van der Waals surface area contributed by atoms with Crippen molar-refractivity contribution in [2.24, 2.45) is 17.8 Å². The highest BCUT2D eigenvalue weighted by Gasteiger charge is 2.33. The molecular weight excluding hydrogens is 256 g/mol. The Morgan fingerprint density at radius 3 is 2.60 bits per heavy atom. The molecule has 20 heavy (non-hydrogen) atoms. The zero-order valence-corrected chi connectivity index (χ0v) is 12.5. The van der Waals surface area contributed by atoms with Crippen LogP contribution in [0.5, 0.6) is 0 Å². The number of aliphatic carboxylic acids is 1. The van der Waals surface area contributed by atoms with Crippen LogP contribution in [0.4, 0.5) is 4.79 Å². The van der Waals surface area contributed by atoms with Crippen LogP contribution in [-0.2, 0) is 4.79 Å². The summed E-state index contributed by atoms with van der Waals surface area (Å²) in [7, 11) is 0. The van der Waals surface area contributed by atoms with Crippen LogP contribution in [0, 0.1) is 17.8 Å². The van der Waals surface area contributed by atoms with Gasteiger partial charge in [0.1, 0.15) is 0 Å². The van der Waals surface area contributed by atoms with Crippen LogP contribution in [0.3, 0.4) is 0 Å². The van der Waals surface area contributed by atoms with Crippen LogP contribution in [-0.4, -0.2) is 41.1 Å². The maximum Gasteiger partial charge on any atom is 0.317 e. The Morgan fingerprint density at radius 1 is 1.25 bits per heavy atom. The van der Waals surface area contributed by atoms with Gasteiger partial charge >= 0.3 is 12.0 Å². The quantitative estimate of drug-likeness (QED) is 0.834. The fraction of sp³-hybridized carbons (Fsp3) is 0.867. The molecule has 1 saturated heterocycles. The highest BCUT2D eigenvalue weighted by atomic mass is 16.4. The summed E-state index contributed by atoms with van der Waals surface area (Å²) in [5, 5.41) is 12.0. The van der Waals surface area contributed by atoms with E-state index in [2.05, 4.69) is 19.2 Å². The first-order chi connectivity index (χ1) is 9.47. The number of carboxylic acids is 1. The third kappa shape index (κ3) is 3.64. The molecule has 0 aromatic heterocycles. The van der Waals surface area contributed by atoms with E-state index < -0.39 is 5.97 Å². The van der Waals surface area contributed by atoms with Gasteiger partial charge in [0, 0.05) is 25.6 Å². The lowest BCUT2D eigenvalue weighted by atomic mass is 9.95. The zero-order chi connectivity index (χ0) is 14.7. The molecule has 5 heteroatoms. The maximum atomic E-state index is 12.3. The van der Waals surface area contributed by atoms with Crippen molar-refractivity contribution in [3.05, 3.63) is 0 Å². The Morgan fingerprint density at radius 2 is 2.00 bits per heavy atom. The lowest BCUT2D eigenvalue weighted by Gasteiger charge is -2.33. The van der Waals surface area contributed by atoms with Crippen molar-refractivity contribution in [2.45, 2.75) is 52.0 Å². The minimum Gasteiger partial charge on any atom is -0.481 e. The molecule has 2 N–H and O–H groups in total. The number of likely N-dealkylation sites (tertiary alicyclic amines) is 1. The predicted octanol–water partition coefficient (Wildman–Crippen LogP) is 2.32. The van der Waals surface area contributed by atoms with Gasteiger partial charge in [0.05, 0.1) is 0 Å². The molecule has 4 unspecified atom stereocenters. The molecule has 1 aliphatic heterocycles. The van der Waals surface area contributed by atoms with Crippen LogP contribution < -0.4 is 5.32 Å². The Kier molecular flexibility index (Phi) is 4.89. The molecule has 5 nitrogen and oxygen atoms in total. The van der Waals surface area contributed by atoms with Gasteiger partial charge in [-0.1, -0.05) is 13.8 Å². The van der Waals surface area contributed by atoms with E-state index >= 15 is 0 Å². The number of carbonyl (C=O) groups is 2. The number of amides is 2. The van der Waals surface area contributed by atoms with Gasteiger partial charge in [-0.3, -0.25) is 4.79 Å². The van der Waals surface area contributed by atoms with Crippen LogP contribution in [0.25, 0.3) is 0 Å². The van der Waals surface area contributed by atoms with Crippen molar-refractivity contribution in [3.8, 4) is 0 Å². The largest absolute Gasteiger partial charge is 0.481 e. The van der Waals surface area contributed by atoms with Gasteiger partial charge in [-0.2, -0.15) is 0 Å². The average molecular weight is 282 g/mol. The minimum absolute atomic E-state index is 0.00830. The number of nitrogens with one attached hydrogen (secondary N) is 1. The number of nitrogens with zero attached hydrogens (tertiary/aromatic N) is 1. The Labute approximate surface area is 120 Å². The Hall–Kier alpha value is -1.26. The number of carbonyl (C=O) groups excluding carboxylic acids is 1. The molecule has 2 aliphatic rings. The second-order valence-electron chi connectivity index (χ2n) is 6.52. The van der Waals surface area contributed by atoms with Crippen LogP contribution >= 0.6 is 0 Å². The smallest absolute Gasteiger partial charge is 0.317 e. The number of rotatable bonds is 3. The molecule has 0 aromatic rings. The third-order valence-electron chi connectivity index (χ3n) is 5.04. The molecular formula is C15H26N2O3. The molecule has 114 valence electrons. The molecule has 0 spiro atoms. The van der Waals surface area contributed by atoms with E-state index in [1.54, 1.807) is 4.90 Å². The van der Waals surface area contributed by atoms with Gasteiger partial charge in [0.2, 0.25) is 0 Å². The first-order valence-corrected chi connectivity index (χ1v) is 7.74. The zero-order valence-electron chi connectivity index (χ0n) is 12.5. The SMILES string of the molecule is CC1CCC(NC(=O)N2CCCC(CC(=O)O)C2)C1C. The van der Waals surface area contributed by atoms with Crippen molar-refractivity contribution >= 4 is 12.0 Å². The highest BCUT2D eigenvalue weighted by Crippen LogP contribution is 2.31. The molecule has 1 saturated carbocycles. The topological polar surface area (TPSA) is 69.6 Å². The Bertz CT molecular complexity index is 372. The first-order valence-electron chi connectivity index (χ1n) is 7.74. The molecule has 0 radical (unpaired) electrons. The number of carboxylic acid groups (broad SMARTS) is 1. The van der Waals surface area contributed by atoms with E-state index in [-0.39, 0.29) is 24.4 Å². The van der Waals surface area contributed by atoms with Crippen molar-refractivity contribution in [1.29, 1.82) is 0 Å². The summed E-state index contributed by atoms with van der Waals surface area (Å²) in [5.74, 6) is 0.530. The maximum absolute atomic E-state index is 12.3. The summed E-state index contributed by atoms with van der Waals surface area (Å²) < 4.78 is 0. The van der Waals surface area contributed by atoms with E-state index in [1.165, 1.54) is 6.42 Å². The molecule has 0 bridgehead atoms. The third-order valence-corrected chi connectivity index (χ3v) is 5.04. The molecule has 1 aliphatic carbocycles. The van der Waals surface area contributed by atoms with E-state index in [4.69, 9.17) is 5.11 Å². The van der Waals surface area contributed by atoms with Gasteiger partial charge in [-0.25, -0.2) is 4.79 Å². The van der Waals surface area contributed by atoms with Gasteiger partial charge in [-0.05, 0) is 43.4 Å². The van der Waals surface area contributed by atoms with E-state index in [9.17, 15) is 9.59 Å². The lowest BCUT2D eigenvalue weighted by molar-refractivity contribution is -0.138. The number of piperidine rings is 1. The second-order valence-corrected chi connectivity index (χ2v) is 6.52. The summed E-state index contributed by atoms with van der Waals surface area (Å²) in [6, 6.07) is 0.267. The summed E-state index contributed by atoms with van der Waals surface area (Å²) in [4.78, 5) is 24.9. The summed E-state index contributed by atoms with van der Waals surface area (Å²) in [6.07, 6.45) is 4.21. The summed E-state index contributed by atoms with van der Waals surface area (Å²) in [6.45, 7) is 5.76. The van der Waals surface area contributed by atoms with E-state index in [0.29, 0.717) is 18.4 Å². The number of hydrogen-bond acceptors (Lipinski definition) is 2. The van der Waals surface area contributed by atoms with Crippen molar-refractivity contribution in [3.63, 3.8) is 0 Å². The standard InChI is InChI=1S/C15H26N2O3/c1-10-5-6-13(11(10)2)16-15(20)17-7-3-4-12(9-17)8-14(18)19/h10-13H,3-9H2,1-2H3,(H,16,20)(H,18,19). The van der Waals surface area contributed by atoms with Crippen LogP contribution in [0.15, 0.2) is 0 Å². The van der Waals surface area contributed by atoms with Crippen LogP contribution in [0.2, 0.25) is 0 Å². The molecule has 2 fully saturated rings. The van der Waals surface area contributed by atoms with Gasteiger partial charge in [-0.15, -0.1) is 0 Å². The van der Waals surface area contributed by atoms with Gasteiger partial charge < -0.3 is 15.3 Å². The minimum atomic E-state index is -0.768. The van der Waals surface area contributed by atoms with Crippen molar-refractivity contribution in [2.75, 3.05) is 13.1 Å². The molecule has 0 aromatic carbocycles. The number of hydrogen-bond donors (Lipinski definition) is 2. The molecule has 2 rings (SSSR count). The molecule has 2 amide bonds. The van der Waals surface area contributed by atoms with Crippen molar-refractivity contribution in [1.82, 2.24) is 10.2 Å². The van der Waals surface area contributed by atoms with Gasteiger partial charge in [0.15, 0.2) is 0 Å². The monoisotopic (exact) mass is 282 g/mol. The van der Waals surface area contributed by atoms with E-state index in [1.807, 2.05) is 0 Å². The number of urea groups is 1. The van der Waals surface area contributed by atoms with E-state index in [0.717, 1.165) is 25.8 Å². The fourth-order valence-electron chi connectivity index (χ4n) is 3.48. The lowest BCUT2D eigenvalue weighted by Crippen LogP contribution is -2.49. The Balaban J connectivity index is 1.84. The van der Waals surface area contributed by atoms with Gasteiger partial charge in [0.25, 0.3) is 0 Å². The first kappa shape index (κ1) is 15.1.